The van der Waals surface area contributed by atoms with Crippen LogP contribution in [-0.2, 0) is 6.54 Å². The largest absolute Gasteiger partial charge is 0.278 e. The average Bonchev–Trinajstić information content (AvgIpc) is 3.23. The smallest absolute Gasteiger partial charge is 0.261 e. The fourth-order valence-corrected chi connectivity index (χ4v) is 4.43. The van der Waals surface area contributed by atoms with Crippen molar-refractivity contribution in [2.75, 3.05) is 4.90 Å². The molecule has 0 aliphatic heterocycles. The molecule has 0 atom stereocenters. The van der Waals surface area contributed by atoms with E-state index in [1.54, 1.807) is 23.2 Å². The van der Waals surface area contributed by atoms with Gasteiger partial charge < -0.3 is 0 Å². The number of thiazole rings is 1. The van der Waals surface area contributed by atoms with Gasteiger partial charge in [-0.2, -0.15) is 0 Å². The van der Waals surface area contributed by atoms with E-state index in [9.17, 15) is 9.18 Å². The van der Waals surface area contributed by atoms with Gasteiger partial charge in [-0.3, -0.25) is 14.7 Å². The van der Waals surface area contributed by atoms with Crippen molar-refractivity contribution in [3.8, 4) is 0 Å². The van der Waals surface area contributed by atoms with Crippen molar-refractivity contribution < 1.29 is 9.18 Å². The molecule has 2 aromatic heterocycles. The van der Waals surface area contributed by atoms with E-state index in [1.807, 2.05) is 60.7 Å². The maximum atomic E-state index is 14.3. The van der Waals surface area contributed by atoms with Crippen LogP contribution in [0.4, 0.5) is 9.52 Å². The molecule has 0 saturated carbocycles. The second kappa shape index (κ2) is 7.65. The third kappa shape index (κ3) is 3.31. The Morgan fingerprint density at radius 2 is 1.73 bits per heavy atom. The SMILES string of the molecule is O=C(c1cccc2ccccc12)N(Cc1ccccn1)c1nc2c(F)cccc2s1. The van der Waals surface area contributed by atoms with Crippen LogP contribution in [0.2, 0.25) is 0 Å². The van der Waals surface area contributed by atoms with Gasteiger partial charge in [0.2, 0.25) is 0 Å². The van der Waals surface area contributed by atoms with Crippen LogP contribution in [0.15, 0.2) is 85.1 Å². The van der Waals surface area contributed by atoms with E-state index in [0.717, 1.165) is 16.5 Å². The molecule has 0 N–H and O–H groups in total. The highest BCUT2D eigenvalue weighted by molar-refractivity contribution is 7.22. The summed E-state index contributed by atoms with van der Waals surface area (Å²) < 4.78 is 14.9. The summed E-state index contributed by atoms with van der Waals surface area (Å²) in [5.41, 5.74) is 1.57. The monoisotopic (exact) mass is 413 g/mol. The third-order valence-electron chi connectivity index (χ3n) is 4.90. The zero-order valence-corrected chi connectivity index (χ0v) is 16.6. The van der Waals surface area contributed by atoms with Crippen LogP contribution in [0.25, 0.3) is 21.0 Å². The number of rotatable bonds is 4. The Morgan fingerprint density at radius 1 is 0.933 bits per heavy atom. The number of pyridine rings is 1. The predicted octanol–water partition coefficient (Wildman–Crippen LogP) is 5.83. The molecule has 5 rings (SSSR count). The topological polar surface area (TPSA) is 46.1 Å². The number of anilines is 1. The zero-order chi connectivity index (χ0) is 20.5. The summed E-state index contributed by atoms with van der Waals surface area (Å²) in [6.45, 7) is 0.240. The molecule has 0 spiro atoms. The Kier molecular flexibility index (Phi) is 4.69. The summed E-state index contributed by atoms with van der Waals surface area (Å²) in [5.74, 6) is -0.595. The molecular formula is C24H16FN3OS. The Morgan fingerprint density at radius 3 is 2.57 bits per heavy atom. The Balaban J connectivity index is 1.65. The van der Waals surface area contributed by atoms with Crippen LogP contribution in [-0.4, -0.2) is 15.9 Å². The summed E-state index contributed by atoms with van der Waals surface area (Å²) in [5, 5.41) is 2.29. The fourth-order valence-electron chi connectivity index (χ4n) is 3.46. The Bertz CT molecular complexity index is 1360. The molecule has 0 bridgehead atoms. The van der Waals surface area contributed by atoms with Crippen LogP contribution in [0, 0.1) is 5.82 Å². The highest BCUT2D eigenvalue weighted by Crippen LogP contribution is 2.32. The van der Waals surface area contributed by atoms with Gasteiger partial charge >= 0.3 is 0 Å². The minimum atomic E-state index is -0.398. The van der Waals surface area contributed by atoms with Crippen molar-refractivity contribution in [2.24, 2.45) is 0 Å². The predicted molar refractivity (Wildman–Crippen MR) is 118 cm³/mol. The highest BCUT2D eigenvalue weighted by Gasteiger charge is 2.24. The van der Waals surface area contributed by atoms with Gasteiger partial charge in [0.1, 0.15) is 11.3 Å². The van der Waals surface area contributed by atoms with E-state index < -0.39 is 5.82 Å². The second-order valence-electron chi connectivity index (χ2n) is 6.82. The van der Waals surface area contributed by atoms with Gasteiger partial charge in [0.15, 0.2) is 5.13 Å². The quantitative estimate of drug-likeness (QED) is 0.372. The first-order valence-corrected chi connectivity index (χ1v) is 10.3. The van der Waals surface area contributed by atoms with Crippen LogP contribution >= 0.6 is 11.3 Å². The Labute approximate surface area is 176 Å². The molecule has 30 heavy (non-hydrogen) atoms. The fraction of sp³-hybridized carbons (Fsp3) is 0.0417. The van der Waals surface area contributed by atoms with Gasteiger partial charge in [-0.15, -0.1) is 0 Å². The van der Waals surface area contributed by atoms with E-state index >= 15 is 0 Å². The molecule has 0 saturated heterocycles. The van der Waals surface area contributed by atoms with Crippen molar-refractivity contribution in [3.63, 3.8) is 0 Å². The lowest BCUT2D eigenvalue weighted by atomic mass is 10.0. The number of para-hydroxylation sites is 1. The summed E-state index contributed by atoms with van der Waals surface area (Å²) in [7, 11) is 0. The molecule has 0 fully saturated rings. The van der Waals surface area contributed by atoms with E-state index in [0.29, 0.717) is 15.4 Å². The van der Waals surface area contributed by atoms with Gasteiger partial charge in [0.05, 0.1) is 16.9 Å². The maximum Gasteiger partial charge on any atom is 0.261 e. The number of hydrogen-bond donors (Lipinski definition) is 0. The average molecular weight is 413 g/mol. The van der Waals surface area contributed by atoms with Crippen LogP contribution in [0.5, 0.6) is 0 Å². The molecule has 1 amide bonds. The van der Waals surface area contributed by atoms with E-state index in [1.165, 1.54) is 17.4 Å². The molecule has 0 aliphatic rings. The molecule has 0 aliphatic carbocycles. The first kappa shape index (κ1) is 18.4. The number of carbonyl (C=O) groups is 1. The molecule has 2 heterocycles. The standard InChI is InChI=1S/C24H16FN3OS/c25-20-12-6-13-21-22(20)27-24(30-21)28(15-17-9-3-4-14-26-17)23(29)19-11-5-8-16-7-1-2-10-18(16)19/h1-14H,15H2. The number of benzene rings is 3. The minimum absolute atomic E-state index is 0.197. The summed E-state index contributed by atoms with van der Waals surface area (Å²) in [4.78, 5) is 24.1. The summed E-state index contributed by atoms with van der Waals surface area (Å²) in [6.07, 6.45) is 1.69. The normalized spacial score (nSPS) is 11.1. The van der Waals surface area contributed by atoms with Crippen molar-refractivity contribution in [2.45, 2.75) is 6.54 Å². The van der Waals surface area contributed by atoms with Gasteiger partial charge in [-0.1, -0.05) is 59.9 Å². The lowest BCUT2D eigenvalue weighted by Crippen LogP contribution is -2.30. The number of fused-ring (bicyclic) bond motifs is 2. The van der Waals surface area contributed by atoms with E-state index in [-0.39, 0.29) is 18.0 Å². The van der Waals surface area contributed by atoms with E-state index in [2.05, 4.69) is 9.97 Å². The van der Waals surface area contributed by atoms with Crippen LogP contribution in [0.3, 0.4) is 0 Å². The van der Waals surface area contributed by atoms with Gasteiger partial charge in [-0.25, -0.2) is 9.37 Å². The number of halogens is 1. The highest BCUT2D eigenvalue weighted by atomic mass is 32.1. The molecular weight excluding hydrogens is 397 g/mol. The number of amides is 1. The first-order chi connectivity index (χ1) is 14.7. The zero-order valence-electron chi connectivity index (χ0n) is 15.8. The van der Waals surface area contributed by atoms with Gasteiger partial charge in [-0.05, 0) is 41.1 Å². The second-order valence-corrected chi connectivity index (χ2v) is 7.83. The Hall–Kier alpha value is -3.64. The molecule has 146 valence electrons. The minimum Gasteiger partial charge on any atom is -0.278 e. The summed E-state index contributed by atoms with van der Waals surface area (Å²) in [6, 6.07) is 23.8. The summed E-state index contributed by atoms with van der Waals surface area (Å²) >= 11 is 1.29. The third-order valence-corrected chi connectivity index (χ3v) is 5.94. The van der Waals surface area contributed by atoms with Gasteiger partial charge in [0.25, 0.3) is 5.91 Å². The molecule has 0 unspecified atom stereocenters. The molecule has 5 aromatic rings. The van der Waals surface area contributed by atoms with Crippen molar-refractivity contribution in [1.29, 1.82) is 0 Å². The van der Waals surface area contributed by atoms with Gasteiger partial charge in [0, 0.05) is 11.8 Å². The van der Waals surface area contributed by atoms with E-state index in [4.69, 9.17) is 0 Å². The molecule has 4 nitrogen and oxygen atoms in total. The molecule has 0 radical (unpaired) electrons. The van der Waals surface area contributed by atoms with Crippen molar-refractivity contribution in [1.82, 2.24) is 9.97 Å². The van der Waals surface area contributed by atoms with Crippen LogP contribution < -0.4 is 4.90 Å². The van der Waals surface area contributed by atoms with Crippen LogP contribution in [0.1, 0.15) is 16.1 Å². The first-order valence-electron chi connectivity index (χ1n) is 9.45. The van der Waals surface area contributed by atoms with Crippen molar-refractivity contribution in [3.05, 3.63) is 102 Å². The number of nitrogens with zero attached hydrogens (tertiary/aromatic N) is 3. The maximum absolute atomic E-state index is 14.3. The number of aromatic nitrogens is 2. The lowest BCUT2D eigenvalue weighted by molar-refractivity contribution is 0.0986. The number of carbonyl (C=O) groups excluding carboxylic acids is 1. The lowest BCUT2D eigenvalue weighted by Gasteiger charge is -2.20. The molecule has 6 heteroatoms. The molecule has 3 aromatic carbocycles. The number of hydrogen-bond acceptors (Lipinski definition) is 4. The van der Waals surface area contributed by atoms with Crippen molar-refractivity contribution >= 4 is 43.4 Å².